The summed E-state index contributed by atoms with van der Waals surface area (Å²) in [5.41, 5.74) is 26.7. The van der Waals surface area contributed by atoms with Gasteiger partial charge in [-0.15, -0.1) is 0 Å². The van der Waals surface area contributed by atoms with Crippen LogP contribution in [0.2, 0.25) is 0 Å². The van der Waals surface area contributed by atoms with Gasteiger partial charge in [-0.2, -0.15) is 0 Å². The number of carbonyl (C=O) groups excluding carboxylic acids is 9. The predicted octanol–water partition coefficient (Wildman–Crippen LogP) is -7.11. The van der Waals surface area contributed by atoms with Crippen molar-refractivity contribution in [1.82, 2.24) is 42.5 Å². The molecule has 9 atom stereocenters. The summed E-state index contributed by atoms with van der Waals surface area (Å²) in [4.78, 5) is 150. The van der Waals surface area contributed by atoms with Crippen molar-refractivity contribution in [3.63, 3.8) is 0 Å². The van der Waals surface area contributed by atoms with E-state index in [1.54, 1.807) is 27.7 Å². The van der Waals surface area contributed by atoms with Crippen molar-refractivity contribution >= 4 is 77.0 Å². The Bertz CT molecular complexity index is 1920. The van der Waals surface area contributed by atoms with Crippen LogP contribution in [-0.2, 0) is 52.7 Å². The summed E-state index contributed by atoms with van der Waals surface area (Å²) < 4.78 is 0. The van der Waals surface area contributed by atoms with Crippen molar-refractivity contribution < 1.29 is 73.2 Å². The Hall–Kier alpha value is -7.37. The number of guanidine groups is 2. The molecular weight excluding hydrogens is 943 g/mol. The van der Waals surface area contributed by atoms with E-state index in [1.165, 1.54) is 0 Å². The minimum absolute atomic E-state index is 0.0114. The topological polar surface area (TPSA) is 520 Å². The summed E-state index contributed by atoms with van der Waals surface area (Å²) in [5, 5.41) is 58.1. The molecule has 0 spiro atoms. The number of nitrogens with zero attached hydrogens (tertiary/aromatic N) is 2. The average Bonchev–Trinajstić information content (AvgIpc) is 3.24. The quantitative estimate of drug-likeness (QED) is 0.0162. The van der Waals surface area contributed by atoms with Crippen LogP contribution in [0.4, 0.5) is 0 Å². The molecule has 0 saturated carbocycles. The van der Waals surface area contributed by atoms with Gasteiger partial charge in [-0.1, -0.05) is 27.7 Å². The number of aliphatic imine (C=N–C) groups is 2. The molecule has 0 unspecified atom stereocenters. The second-order valence-corrected chi connectivity index (χ2v) is 17.3. The largest absolute Gasteiger partial charge is 0.481 e. The number of aliphatic hydroxyl groups excluding tert-OH is 2. The van der Waals surface area contributed by atoms with E-state index in [9.17, 15) is 73.2 Å². The van der Waals surface area contributed by atoms with Crippen molar-refractivity contribution in [3.05, 3.63) is 0 Å². The van der Waals surface area contributed by atoms with E-state index in [4.69, 9.17) is 28.7 Å². The van der Waals surface area contributed by atoms with Crippen molar-refractivity contribution in [2.45, 2.75) is 147 Å². The number of primary amides is 1. The number of carboxylic acid groups (broad SMARTS) is 2. The fourth-order valence-electron chi connectivity index (χ4n) is 6.46. The monoisotopic (exact) mass is 1020 g/mol. The van der Waals surface area contributed by atoms with Crippen molar-refractivity contribution in [3.8, 4) is 0 Å². The molecule has 9 amide bonds. The summed E-state index contributed by atoms with van der Waals surface area (Å²) >= 11 is 0. The predicted molar refractivity (Wildman–Crippen MR) is 252 cm³/mol. The first-order valence-corrected chi connectivity index (χ1v) is 22.5. The van der Waals surface area contributed by atoms with Crippen molar-refractivity contribution in [2.24, 2.45) is 50.5 Å². The van der Waals surface area contributed by atoms with E-state index in [0.29, 0.717) is 0 Å². The standard InChI is InChI=1S/C41H73N15O15/c1-18(2)13-24(34(66)50-22(32(42)64)9-7-11-47-40(43)44)52-38(70)28(17-57)55-37(69)26(15-29(60)61)53-35(67)25(14-19(3)4)51-36(68)27(16-30(62)63)54-39(71)31(20(5)58)56-33(65)23(49-21(6)59)10-8-12-48-41(45)46/h18-20,22-28,31,57-58H,7-17H2,1-6H3,(H2,42,64)(H,49,59)(H,50,66)(H,51,68)(H,52,70)(H,53,67)(H,54,71)(H,55,69)(H,56,65)(H,60,61)(H,62,63)(H4,43,44,47)(H4,45,46,48)/t20-,22+,23-,24+,25+,26+,27+,28+,31+/m1/s1. The maximum absolute atomic E-state index is 13.8. The molecular formula is C41H73N15O15. The maximum atomic E-state index is 13.8. The van der Waals surface area contributed by atoms with E-state index < -0.39 is 145 Å². The number of aliphatic hydroxyl groups is 2. The molecule has 0 aliphatic rings. The Labute approximate surface area is 409 Å². The van der Waals surface area contributed by atoms with Gasteiger partial charge in [0.15, 0.2) is 11.9 Å². The van der Waals surface area contributed by atoms with E-state index in [2.05, 4.69) is 52.5 Å². The molecule has 0 radical (unpaired) electrons. The first kappa shape index (κ1) is 63.6. The van der Waals surface area contributed by atoms with Gasteiger partial charge in [-0.3, -0.25) is 62.7 Å². The lowest BCUT2D eigenvalue weighted by molar-refractivity contribution is -0.142. The number of hydrogen-bond acceptors (Lipinski definition) is 15. The lowest BCUT2D eigenvalue weighted by atomic mass is 10.0. The number of hydrogen-bond donors (Lipinski definition) is 17. The summed E-state index contributed by atoms with van der Waals surface area (Å²) in [6.45, 7) is 7.93. The van der Waals surface area contributed by atoms with Crippen LogP contribution in [0.1, 0.15) is 92.9 Å². The number of nitrogens with two attached hydrogens (primary N) is 5. The Morgan fingerprint density at radius 2 is 0.803 bits per heavy atom. The van der Waals surface area contributed by atoms with Crippen LogP contribution in [-0.4, -0.2) is 172 Å². The fourth-order valence-corrected chi connectivity index (χ4v) is 6.46. The summed E-state index contributed by atoms with van der Waals surface area (Å²) in [7, 11) is 0. The zero-order valence-corrected chi connectivity index (χ0v) is 40.7. The number of carbonyl (C=O) groups is 11. The molecule has 30 nitrogen and oxygen atoms in total. The van der Waals surface area contributed by atoms with Gasteiger partial charge in [-0.25, -0.2) is 0 Å². The van der Waals surface area contributed by atoms with Gasteiger partial charge in [0.05, 0.1) is 25.6 Å². The molecule has 22 N–H and O–H groups in total. The molecule has 0 heterocycles. The number of nitrogens with one attached hydrogen (secondary N) is 8. The smallest absolute Gasteiger partial charge is 0.305 e. The highest BCUT2D eigenvalue weighted by Gasteiger charge is 2.37. The van der Waals surface area contributed by atoms with E-state index in [1.807, 2.05) is 0 Å². The molecule has 0 bridgehead atoms. The van der Waals surface area contributed by atoms with E-state index in [-0.39, 0.29) is 69.5 Å². The molecule has 0 rings (SSSR count). The Morgan fingerprint density at radius 1 is 0.465 bits per heavy atom. The minimum atomic E-state index is -1.99. The van der Waals surface area contributed by atoms with Crippen molar-refractivity contribution in [1.29, 1.82) is 0 Å². The fraction of sp³-hybridized carbons (Fsp3) is 0.683. The van der Waals surface area contributed by atoms with Crippen LogP contribution < -0.4 is 71.2 Å². The van der Waals surface area contributed by atoms with E-state index in [0.717, 1.165) is 13.8 Å². The van der Waals surface area contributed by atoms with Gasteiger partial charge in [0, 0.05) is 20.0 Å². The van der Waals surface area contributed by atoms with Crippen LogP contribution >= 0.6 is 0 Å². The zero-order valence-electron chi connectivity index (χ0n) is 40.7. The highest BCUT2D eigenvalue weighted by molar-refractivity contribution is 5.99. The third-order valence-electron chi connectivity index (χ3n) is 9.83. The van der Waals surface area contributed by atoms with Crippen LogP contribution in [0, 0.1) is 11.8 Å². The first-order valence-electron chi connectivity index (χ1n) is 22.5. The molecule has 0 aliphatic carbocycles. The summed E-state index contributed by atoms with van der Waals surface area (Å²) in [6, 6.07) is -13.1. The van der Waals surface area contributed by atoms with Gasteiger partial charge < -0.3 is 91.6 Å². The Kier molecular flexibility index (Phi) is 29.1. The summed E-state index contributed by atoms with van der Waals surface area (Å²) in [5.74, 6) is -13.8. The number of rotatable bonds is 34. The highest BCUT2D eigenvalue weighted by Crippen LogP contribution is 2.11. The van der Waals surface area contributed by atoms with Gasteiger partial charge >= 0.3 is 11.9 Å². The Balaban J connectivity index is 6.40. The maximum Gasteiger partial charge on any atom is 0.305 e. The average molecular weight is 1020 g/mol. The molecule has 0 saturated heterocycles. The molecule has 0 fully saturated rings. The lowest BCUT2D eigenvalue weighted by Gasteiger charge is -2.28. The number of amides is 9. The second kappa shape index (κ2) is 32.4. The van der Waals surface area contributed by atoms with Gasteiger partial charge in [0.1, 0.15) is 48.3 Å². The van der Waals surface area contributed by atoms with Crippen LogP contribution in [0.3, 0.4) is 0 Å². The minimum Gasteiger partial charge on any atom is -0.481 e. The second-order valence-electron chi connectivity index (χ2n) is 17.3. The first-order chi connectivity index (χ1) is 33.0. The molecule has 0 aliphatic heterocycles. The molecule has 402 valence electrons. The van der Waals surface area contributed by atoms with E-state index >= 15 is 0 Å². The third kappa shape index (κ3) is 26.8. The highest BCUT2D eigenvalue weighted by atomic mass is 16.4. The molecule has 71 heavy (non-hydrogen) atoms. The normalized spacial score (nSPS) is 14.7. The number of carboxylic acids is 2. The third-order valence-corrected chi connectivity index (χ3v) is 9.83. The lowest BCUT2D eigenvalue weighted by Crippen LogP contribution is -2.62. The van der Waals surface area contributed by atoms with Crippen LogP contribution in [0.25, 0.3) is 0 Å². The number of aliphatic carboxylic acids is 2. The van der Waals surface area contributed by atoms with Gasteiger partial charge in [0.2, 0.25) is 53.2 Å². The summed E-state index contributed by atoms with van der Waals surface area (Å²) in [6.07, 6.45) is -3.70. The SMILES string of the molecule is CC(=O)N[C@H](CCCN=C(N)N)C(=O)N[C@H](C(=O)N[C@@H](CC(=O)O)C(=O)N[C@@H](CC(C)C)C(=O)N[C@@H](CC(=O)O)C(=O)N[C@@H](CO)C(=O)N[C@@H](CC(C)C)C(=O)N[C@@H](CCCN=C(N)N)C(N)=O)[C@@H](C)O. The molecule has 30 heteroatoms. The van der Waals surface area contributed by atoms with Gasteiger partial charge in [-0.05, 0) is 57.3 Å². The zero-order chi connectivity index (χ0) is 54.7. The molecule has 0 aromatic rings. The molecule has 0 aromatic heterocycles. The Morgan fingerprint density at radius 3 is 1.15 bits per heavy atom. The van der Waals surface area contributed by atoms with Gasteiger partial charge in [0.25, 0.3) is 0 Å². The van der Waals surface area contributed by atoms with Crippen LogP contribution in [0.15, 0.2) is 9.98 Å². The van der Waals surface area contributed by atoms with Crippen LogP contribution in [0.5, 0.6) is 0 Å². The molecule has 0 aromatic carbocycles. The van der Waals surface area contributed by atoms with Crippen molar-refractivity contribution in [2.75, 3.05) is 19.7 Å².